The Labute approximate surface area is 180 Å². The molecule has 0 saturated heterocycles. The summed E-state index contributed by atoms with van der Waals surface area (Å²) >= 11 is 1.51. The Balaban J connectivity index is 1.53. The first-order valence-electron chi connectivity index (χ1n) is 10.3. The van der Waals surface area contributed by atoms with Gasteiger partial charge in [0.1, 0.15) is 5.00 Å². The third kappa shape index (κ3) is 4.46. The number of carbonyl (C=O) groups is 2. The molecule has 1 aliphatic rings. The molecule has 0 atom stereocenters. The zero-order chi connectivity index (χ0) is 20.9. The molecule has 0 fully saturated rings. The molecular weight excluding hydrogens is 394 g/mol. The van der Waals surface area contributed by atoms with Gasteiger partial charge in [0.05, 0.1) is 12.7 Å². The zero-order valence-electron chi connectivity index (χ0n) is 17.1. The maximum Gasteiger partial charge on any atom is 0.341 e. The van der Waals surface area contributed by atoms with Crippen molar-refractivity contribution in [1.29, 1.82) is 0 Å². The highest BCUT2D eigenvalue weighted by Gasteiger charge is 2.26. The van der Waals surface area contributed by atoms with Gasteiger partial charge in [-0.2, -0.15) is 0 Å². The molecule has 0 spiro atoms. The number of esters is 1. The predicted molar refractivity (Wildman–Crippen MR) is 121 cm³/mol. The smallest absolute Gasteiger partial charge is 0.341 e. The summed E-state index contributed by atoms with van der Waals surface area (Å²) in [6.45, 7) is 0. The number of hydrogen-bond acceptors (Lipinski definition) is 4. The van der Waals surface area contributed by atoms with Gasteiger partial charge in [-0.3, -0.25) is 4.79 Å². The second-order valence-electron chi connectivity index (χ2n) is 7.57. The van der Waals surface area contributed by atoms with E-state index in [1.165, 1.54) is 35.3 Å². The molecule has 0 aliphatic heterocycles. The molecule has 0 saturated carbocycles. The van der Waals surface area contributed by atoms with Gasteiger partial charge >= 0.3 is 5.97 Å². The Hall–Kier alpha value is -2.92. The Morgan fingerprint density at radius 1 is 0.933 bits per heavy atom. The molecule has 4 nitrogen and oxygen atoms in total. The van der Waals surface area contributed by atoms with E-state index in [0.717, 1.165) is 43.2 Å². The largest absolute Gasteiger partial charge is 0.465 e. The third-order valence-corrected chi connectivity index (χ3v) is 6.71. The van der Waals surface area contributed by atoms with E-state index in [-0.39, 0.29) is 11.9 Å². The van der Waals surface area contributed by atoms with Crippen LogP contribution in [-0.4, -0.2) is 19.0 Å². The lowest BCUT2D eigenvalue weighted by molar-refractivity contribution is 0.0601. The first-order valence-corrected chi connectivity index (χ1v) is 11.1. The summed E-state index contributed by atoms with van der Waals surface area (Å²) in [6.07, 6.45) is 5.98. The monoisotopic (exact) mass is 419 g/mol. The van der Waals surface area contributed by atoms with Gasteiger partial charge in [0, 0.05) is 10.4 Å². The van der Waals surface area contributed by atoms with Crippen LogP contribution in [0.15, 0.2) is 54.6 Å². The highest BCUT2D eigenvalue weighted by Crippen LogP contribution is 2.38. The van der Waals surface area contributed by atoms with Crippen LogP contribution in [0.2, 0.25) is 0 Å². The molecule has 4 rings (SSSR count). The molecule has 1 amide bonds. The van der Waals surface area contributed by atoms with E-state index in [1.807, 2.05) is 42.5 Å². The molecule has 154 valence electrons. The number of thiophene rings is 1. The van der Waals surface area contributed by atoms with Crippen LogP contribution in [0.3, 0.4) is 0 Å². The van der Waals surface area contributed by atoms with Gasteiger partial charge in [-0.1, -0.05) is 48.9 Å². The SMILES string of the molecule is COC(=O)c1c(NC(=O)c2ccc(Cc3ccccc3)cc2)sc2c1CCCCC2. The molecule has 3 aromatic rings. The fourth-order valence-corrected chi connectivity index (χ4v) is 5.20. The summed E-state index contributed by atoms with van der Waals surface area (Å²) in [4.78, 5) is 26.5. The number of amides is 1. The Kier molecular flexibility index (Phi) is 6.29. The van der Waals surface area contributed by atoms with Crippen LogP contribution in [0.1, 0.15) is 61.5 Å². The molecule has 2 aromatic carbocycles. The summed E-state index contributed by atoms with van der Waals surface area (Å²) in [5.74, 6) is -0.578. The minimum Gasteiger partial charge on any atom is -0.465 e. The van der Waals surface area contributed by atoms with Gasteiger partial charge in [0.2, 0.25) is 0 Å². The third-order valence-electron chi connectivity index (χ3n) is 5.51. The van der Waals surface area contributed by atoms with Crippen LogP contribution in [0, 0.1) is 0 Å². The molecule has 1 heterocycles. The zero-order valence-corrected chi connectivity index (χ0v) is 17.9. The van der Waals surface area contributed by atoms with E-state index >= 15 is 0 Å². The number of anilines is 1. The lowest BCUT2D eigenvalue weighted by Crippen LogP contribution is -2.14. The summed E-state index contributed by atoms with van der Waals surface area (Å²) in [5, 5.41) is 3.57. The molecule has 1 N–H and O–H groups in total. The molecular formula is C25H25NO3S. The minimum absolute atomic E-state index is 0.206. The van der Waals surface area contributed by atoms with Crippen LogP contribution < -0.4 is 5.32 Å². The van der Waals surface area contributed by atoms with Crippen LogP contribution in [0.25, 0.3) is 0 Å². The topological polar surface area (TPSA) is 55.4 Å². The molecule has 0 bridgehead atoms. The van der Waals surface area contributed by atoms with Crippen LogP contribution in [0.5, 0.6) is 0 Å². The van der Waals surface area contributed by atoms with Crippen molar-refractivity contribution in [1.82, 2.24) is 0 Å². The lowest BCUT2D eigenvalue weighted by atomic mass is 10.0. The fourth-order valence-electron chi connectivity index (χ4n) is 3.93. The van der Waals surface area contributed by atoms with Crippen LogP contribution in [-0.2, 0) is 24.0 Å². The number of fused-ring (bicyclic) bond motifs is 1. The number of methoxy groups -OCH3 is 1. The maximum absolute atomic E-state index is 12.9. The molecule has 1 aromatic heterocycles. The van der Waals surface area contributed by atoms with Crippen molar-refractivity contribution >= 4 is 28.2 Å². The minimum atomic E-state index is -0.372. The lowest BCUT2D eigenvalue weighted by Gasteiger charge is -2.08. The van der Waals surface area contributed by atoms with Gasteiger partial charge in [0.25, 0.3) is 5.91 Å². The van der Waals surface area contributed by atoms with E-state index in [4.69, 9.17) is 4.74 Å². The molecule has 0 unspecified atom stereocenters. The quantitative estimate of drug-likeness (QED) is 0.430. The van der Waals surface area contributed by atoms with Gasteiger partial charge in [-0.15, -0.1) is 11.3 Å². The number of hydrogen-bond donors (Lipinski definition) is 1. The average Bonchev–Trinajstić information content (AvgIpc) is 2.94. The Morgan fingerprint density at radius 3 is 2.37 bits per heavy atom. The molecule has 0 radical (unpaired) electrons. The predicted octanol–water partition coefficient (Wildman–Crippen LogP) is 5.65. The van der Waals surface area contributed by atoms with Crippen molar-refractivity contribution in [3.05, 3.63) is 87.3 Å². The summed E-state index contributed by atoms with van der Waals surface area (Å²) in [6, 6.07) is 17.9. The van der Waals surface area contributed by atoms with Crippen molar-refractivity contribution in [3.8, 4) is 0 Å². The van der Waals surface area contributed by atoms with Crippen molar-refractivity contribution in [2.45, 2.75) is 38.5 Å². The second kappa shape index (κ2) is 9.26. The first-order chi connectivity index (χ1) is 14.7. The van der Waals surface area contributed by atoms with Crippen molar-refractivity contribution in [2.75, 3.05) is 12.4 Å². The number of ether oxygens (including phenoxy) is 1. The standard InChI is InChI=1S/C25H25NO3S/c1-29-25(28)22-20-10-6-3-7-11-21(20)30-24(22)26-23(27)19-14-12-18(13-15-19)16-17-8-4-2-5-9-17/h2,4-5,8-9,12-15H,3,6-7,10-11,16H2,1H3,(H,26,27). The summed E-state index contributed by atoms with van der Waals surface area (Å²) < 4.78 is 5.02. The number of carbonyl (C=O) groups excluding carboxylic acids is 2. The fraction of sp³-hybridized carbons (Fsp3) is 0.280. The van der Waals surface area contributed by atoms with Crippen molar-refractivity contribution < 1.29 is 14.3 Å². The maximum atomic E-state index is 12.9. The van der Waals surface area contributed by atoms with Gasteiger partial charge in [-0.25, -0.2) is 4.79 Å². The van der Waals surface area contributed by atoms with E-state index < -0.39 is 0 Å². The van der Waals surface area contributed by atoms with Crippen LogP contribution >= 0.6 is 11.3 Å². The van der Waals surface area contributed by atoms with E-state index in [9.17, 15) is 9.59 Å². The van der Waals surface area contributed by atoms with Gasteiger partial charge < -0.3 is 10.1 Å². The van der Waals surface area contributed by atoms with Gasteiger partial charge in [-0.05, 0) is 60.9 Å². The van der Waals surface area contributed by atoms with Gasteiger partial charge in [0.15, 0.2) is 0 Å². The Bertz CT molecular complexity index is 1040. The number of rotatable bonds is 5. The first kappa shape index (κ1) is 20.4. The van der Waals surface area contributed by atoms with Crippen LogP contribution in [0.4, 0.5) is 5.00 Å². The van der Waals surface area contributed by atoms with E-state index in [1.54, 1.807) is 0 Å². The van der Waals surface area contributed by atoms with E-state index in [0.29, 0.717) is 16.1 Å². The highest BCUT2D eigenvalue weighted by molar-refractivity contribution is 7.17. The number of nitrogens with one attached hydrogen (secondary N) is 1. The molecule has 1 aliphatic carbocycles. The van der Waals surface area contributed by atoms with E-state index in [2.05, 4.69) is 17.4 Å². The highest BCUT2D eigenvalue weighted by atomic mass is 32.1. The molecule has 5 heteroatoms. The average molecular weight is 420 g/mol. The summed E-state index contributed by atoms with van der Waals surface area (Å²) in [7, 11) is 1.39. The number of benzene rings is 2. The van der Waals surface area contributed by atoms with Crippen molar-refractivity contribution in [2.24, 2.45) is 0 Å². The normalized spacial score (nSPS) is 13.2. The second-order valence-corrected chi connectivity index (χ2v) is 8.68. The molecule has 30 heavy (non-hydrogen) atoms. The van der Waals surface area contributed by atoms with Crippen molar-refractivity contribution in [3.63, 3.8) is 0 Å². The summed E-state index contributed by atoms with van der Waals surface area (Å²) in [5.41, 5.74) is 4.55. The Morgan fingerprint density at radius 2 is 1.63 bits per heavy atom. The number of aryl methyl sites for hydroxylation is 1.